The molecule has 0 aliphatic carbocycles. The van der Waals surface area contributed by atoms with Crippen molar-refractivity contribution >= 4 is 58.6 Å². The van der Waals surface area contributed by atoms with Crippen LogP contribution in [0.1, 0.15) is 26.3 Å². The number of sulfonamides is 1. The predicted octanol–water partition coefficient (Wildman–Crippen LogP) is 3.77. The number of rotatable bonds is 3. The van der Waals surface area contributed by atoms with Gasteiger partial charge in [0.2, 0.25) is 10.0 Å². The second-order valence-electron chi connectivity index (χ2n) is 5.33. The first kappa shape index (κ1) is 18.8. The first-order valence-electron chi connectivity index (χ1n) is 5.64. The van der Waals surface area contributed by atoms with E-state index in [0.29, 0.717) is 0 Å². The van der Waals surface area contributed by atoms with E-state index < -0.39 is 23.8 Å². The molecule has 1 N–H and O–H groups in total. The summed E-state index contributed by atoms with van der Waals surface area (Å²) in [7, 11) is -2.52. The molecule has 10 heteroatoms. The SMILES string of the molecule is Cc1c(S(=O)(=O)Cl)cc(Cl)c(NS(=O)(=O)C(C)(C)C)c1Cl. The molecule has 0 spiro atoms. The molecule has 0 heterocycles. The maximum atomic E-state index is 12.1. The Hall–Kier alpha value is -0.210. The molecule has 1 aromatic carbocycles. The highest BCUT2D eigenvalue weighted by molar-refractivity contribution is 8.13. The van der Waals surface area contributed by atoms with Gasteiger partial charge in [-0.2, -0.15) is 0 Å². The maximum absolute atomic E-state index is 12.1. The molecule has 0 fully saturated rings. The average Bonchev–Trinajstić information content (AvgIpc) is 2.26. The van der Waals surface area contributed by atoms with Gasteiger partial charge in [-0.05, 0) is 39.3 Å². The van der Waals surface area contributed by atoms with Gasteiger partial charge in [0, 0.05) is 10.7 Å². The largest absolute Gasteiger partial charge is 0.280 e. The van der Waals surface area contributed by atoms with Crippen molar-refractivity contribution in [3.05, 3.63) is 21.7 Å². The summed E-state index contributed by atoms with van der Waals surface area (Å²) in [5.41, 5.74) is 0.0394. The summed E-state index contributed by atoms with van der Waals surface area (Å²) in [4.78, 5) is -0.266. The average molecular weight is 395 g/mol. The van der Waals surface area contributed by atoms with Crippen LogP contribution in [-0.4, -0.2) is 21.6 Å². The third kappa shape index (κ3) is 3.96. The molecule has 0 bridgehead atoms. The third-order valence-corrected chi connectivity index (χ3v) is 7.02. The summed E-state index contributed by atoms with van der Waals surface area (Å²) in [6, 6.07) is 1.06. The van der Waals surface area contributed by atoms with Crippen LogP contribution < -0.4 is 4.72 Å². The number of anilines is 1. The van der Waals surface area contributed by atoms with Crippen molar-refractivity contribution in [3.8, 4) is 0 Å². The minimum atomic E-state index is -4.04. The quantitative estimate of drug-likeness (QED) is 0.791. The van der Waals surface area contributed by atoms with Crippen LogP contribution in [0.15, 0.2) is 11.0 Å². The topological polar surface area (TPSA) is 80.3 Å². The monoisotopic (exact) mass is 393 g/mol. The Morgan fingerprint density at radius 1 is 1.10 bits per heavy atom. The highest BCUT2D eigenvalue weighted by Crippen LogP contribution is 2.39. The maximum Gasteiger partial charge on any atom is 0.261 e. The lowest BCUT2D eigenvalue weighted by molar-refractivity contribution is 0.566. The molecule has 1 rings (SSSR count). The second kappa shape index (κ2) is 5.77. The number of hydrogen-bond acceptors (Lipinski definition) is 4. The van der Waals surface area contributed by atoms with E-state index in [1.165, 1.54) is 27.7 Å². The molecule has 0 radical (unpaired) electrons. The van der Waals surface area contributed by atoms with Gasteiger partial charge in [-0.3, -0.25) is 4.72 Å². The van der Waals surface area contributed by atoms with Crippen molar-refractivity contribution < 1.29 is 16.8 Å². The van der Waals surface area contributed by atoms with E-state index >= 15 is 0 Å². The van der Waals surface area contributed by atoms with Crippen LogP contribution in [0.5, 0.6) is 0 Å². The van der Waals surface area contributed by atoms with E-state index in [1.54, 1.807) is 0 Å². The minimum Gasteiger partial charge on any atom is -0.280 e. The Bertz CT molecular complexity index is 781. The Kier molecular flexibility index (Phi) is 5.18. The van der Waals surface area contributed by atoms with Crippen molar-refractivity contribution in [2.45, 2.75) is 37.3 Å². The summed E-state index contributed by atoms with van der Waals surface area (Å²) in [5, 5.41) is -0.271. The van der Waals surface area contributed by atoms with Crippen LogP contribution in [0.3, 0.4) is 0 Å². The smallest absolute Gasteiger partial charge is 0.261 e. The van der Waals surface area contributed by atoms with Crippen molar-refractivity contribution in [2.24, 2.45) is 0 Å². The number of nitrogens with one attached hydrogen (secondary N) is 1. The Morgan fingerprint density at radius 3 is 1.95 bits per heavy atom. The van der Waals surface area contributed by atoms with Gasteiger partial charge in [0.15, 0.2) is 0 Å². The number of hydrogen-bond donors (Lipinski definition) is 1. The first-order chi connectivity index (χ1) is 9.18. The Balaban J connectivity index is 3.54. The van der Waals surface area contributed by atoms with E-state index in [2.05, 4.69) is 4.72 Å². The van der Waals surface area contributed by atoms with Crippen LogP contribution >= 0.6 is 33.9 Å². The lowest BCUT2D eigenvalue weighted by Gasteiger charge is -2.22. The first-order valence-corrected chi connectivity index (χ1v) is 10.2. The number of halogens is 3. The van der Waals surface area contributed by atoms with Gasteiger partial charge < -0.3 is 0 Å². The van der Waals surface area contributed by atoms with E-state index in [-0.39, 0.29) is 26.2 Å². The van der Waals surface area contributed by atoms with Gasteiger partial charge >= 0.3 is 0 Å². The fourth-order valence-corrected chi connectivity index (χ4v) is 4.11. The van der Waals surface area contributed by atoms with Crippen molar-refractivity contribution in [3.63, 3.8) is 0 Å². The molecule has 0 unspecified atom stereocenters. The van der Waals surface area contributed by atoms with Gasteiger partial charge in [-0.15, -0.1) is 0 Å². The number of benzene rings is 1. The Morgan fingerprint density at radius 2 is 1.57 bits per heavy atom. The van der Waals surface area contributed by atoms with Gasteiger partial charge in [-0.25, -0.2) is 16.8 Å². The molecule has 0 saturated heterocycles. The zero-order valence-electron chi connectivity index (χ0n) is 11.7. The molecular formula is C11H14Cl3NO4S2. The lowest BCUT2D eigenvalue weighted by Crippen LogP contribution is -2.34. The zero-order valence-corrected chi connectivity index (χ0v) is 15.6. The van der Waals surface area contributed by atoms with Gasteiger partial charge in [-0.1, -0.05) is 23.2 Å². The summed E-state index contributed by atoms with van der Waals surface area (Å²) in [6.45, 7) is 5.91. The van der Waals surface area contributed by atoms with Crippen molar-refractivity contribution in [1.29, 1.82) is 0 Å². The lowest BCUT2D eigenvalue weighted by atomic mass is 10.2. The second-order valence-corrected chi connectivity index (χ2v) is 11.1. The van der Waals surface area contributed by atoms with E-state index in [1.807, 2.05) is 0 Å². The van der Waals surface area contributed by atoms with Crippen molar-refractivity contribution in [2.75, 3.05) is 4.72 Å². The molecule has 0 saturated carbocycles. The molecule has 120 valence electrons. The standard InChI is InChI=1S/C11H14Cl3NO4S2/c1-6-8(20(14,16)17)5-7(12)10(9(6)13)15-21(18,19)11(2,3)4/h5,15H,1-4H3. The van der Waals surface area contributed by atoms with E-state index in [9.17, 15) is 16.8 Å². The fourth-order valence-electron chi connectivity index (χ4n) is 1.33. The van der Waals surface area contributed by atoms with Crippen molar-refractivity contribution in [1.82, 2.24) is 0 Å². The van der Waals surface area contributed by atoms with Crippen LogP contribution in [0.4, 0.5) is 5.69 Å². The summed E-state index contributed by atoms with van der Waals surface area (Å²) >= 11 is 12.0. The minimum absolute atomic E-state index is 0.0742. The molecule has 5 nitrogen and oxygen atoms in total. The molecule has 0 atom stereocenters. The predicted molar refractivity (Wildman–Crippen MR) is 86.5 cm³/mol. The molecule has 0 aliphatic heterocycles. The normalized spacial score (nSPS) is 13.3. The molecular weight excluding hydrogens is 381 g/mol. The van der Waals surface area contributed by atoms with Crippen LogP contribution in [-0.2, 0) is 19.1 Å². The van der Waals surface area contributed by atoms with Gasteiger partial charge in [0.25, 0.3) is 9.05 Å². The van der Waals surface area contributed by atoms with Crippen LogP contribution in [0.25, 0.3) is 0 Å². The molecule has 0 aliphatic rings. The van der Waals surface area contributed by atoms with Crippen LogP contribution in [0.2, 0.25) is 10.0 Å². The zero-order chi connectivity index (χ0) is 16.8. The molecule has 0 amide bonds. The fraction of sp³-hybridized carbons (Fsp3) is 0.455. The molecule has 0 aromatic heterocycles. The third-order valence-electron chi connectivity index (χ3n) is 2.72. The van der Waals surface area contributed by atoms with Gasteiger partial charge in [0.05, 0.1) is 25.4 Å². The van der Waals surface area contributed by atoms with E-state index in [0.717, 1.165) is 6.07 Å². The summed E-state index contributed by atoms with van der Waals surface area (Å²) in [6.07, 6.45) is 0. The highest BCUT2D eigenvalue weighted by atomic mass is 35.7. The van der Waals surface area contributed by atoms with Gasteiger partial charge in [0.1, 0.15) is 0 Å². The van der Waals surface area contributed by atoms with E-state index in [4.69, 9.17) is 33.9 Å². The van der Waals surface area contributed by atoms with Crippen LogP contribution in [0, 0.1) is 6.92 Å². The molecule has 21 heavy (non-hydrogen) atoms. The highest BCUT2D eigenvalue weighted by Gasteiger charge is 2.31. The summed E-state index contributed by atoms with van der Waals surface area (Å²) in [5.74, 6) is 0. The molecule has 1 aromatic rings. The Labute approximate surface area is 139 Å². The summed E-state index contributed by atoms with van der Waals surface area (Å²) < 4.78 is 48.3.